The summed E-state index contributed by atoms with van der Waals surface area (Å²) in [7, 11) is 0. The molecule has 0 spiro atoms. The van der Waals surface area contributed by atoms with Gasteiger partial charge in [-0.25, -0.2) is 4.98 Å². The van der Waals surface area contributed by atoms with Gasteiger partial charge < -0.3 is 9.72 Å². The lowest BCUT2D eigenvalue weighted by molar-refractivity contribution is 0.484. The van der Waals surface area contributed by atoms with Crippen LogP contribution < -0.4 is 4.74 Å². The predicted molar refractivity (Wildman–Crippen MR) is 85.8 cm³/mol. The summed E-state index contributed by atoms with van der Waals surface area (Å²) < 4.78 is 5.98. The molecule has 22 heavy (non-hydrogen) atoms. The molecule has 0 unspecified atom stereocenters. The maximum atomic E-state index is 5.98. The van der Waals surface area contributed by atoms with E-state index in [-0.39, 0.29) is 0 Å². The zero-order valence-corrected chi connectivity index (χ0v) is 11.7. The van der Waals surface area contributed by atoms with Crippen molar-refractivity contribution in [3.8, 4) is 22.9 Å². The molecule has 0 bridgehead atoms. The molecule has 0 saturated heterocycles. The number of fused-ring (bicyclic) bond motifs is 1. The van der Waals surface area contributed by atoms with Gasteiger partial charge in [0.05, 0.1) is 22.8 Å². The van der Waals surface area contributed by atoms with Crippen molar-refractivity contribution in [2.45, 2.75) is 0 Å². The minimum atomic E-state index is 0.765. The van der Waals surface area contributed by atoms with Crippen LogP contribution in [-0.2, 0) is 0 Å². The molecule has 4 heteroatoms. The van der Waals surface area contributed by atoms with Gasteiger partial charge in [-0.2, -0.15) is 0 Å². The Morgan fingerprint density at radius 3 is 2.55 bits per heavy atom. The number of pyridine rings is 1. The summed E-state index contributed by atoms with van der Waals surface area (Å²) in [6.45, 7) is 0. The number of rotatable bonds is 3. The number of imidazole rings is 1. The van der Waals surface area contributed by atoms with Crippen molar-refractivity contribution in [2.24, 2.45) is 0 Å². The van der Waals surface area contributed by atoms with Crippen LogP contribution in [0.4, 0.5) is 0 Å². The molecular weight excluding hydrogens is 274 g/mol. The molecule has 0 amide bonds. The van der Waals surface area contributed by atoms with Crippen LogP contribution in [0.3, 0.4) is 0 Å². The average Bonchev–Trinajstić information content (AvgIpc) is 3.00. The highest BCUT2D eigenvalue weighted by molar-refractivity contribution is 5.79. The van der Waals surface area contributed by atoms with Crippen molar-refractivity contribution in [3.63, 3.8) is 0 Å². The number of hydrogen-bond acceptors (Lipinski definition) is 3. The van der Waals surface area contributed by atoms with Crippen LogP contribution in [0, 0.1) is 0 Å². The van der Waals surface area contributed by atoms with E-state index in [0.29, 0.717) is 0 Å². The molecule has 0 aliphatic carbocycles. The average molecular weight is 287 g/mol. The number of aromatic nitrogens is 3. The normalized spacial score (nSPS) is 10.7. The Labute approximate surface area is 127 Å². The molecule has 2 aromatic heterocycles. The third kappa shape index (κ3) is 2.31. The summed E-state index contributed by atoms with van der Waals surface area (Å²) >= 11 is 0. The van der Waals surface area contributed by atoms with Gasteiger partial charge in [-0.05, 0) is 30.3 Å². The van der Waals surface area contributed by atoms with E-state index in [1.807, 2.05) is 60.7 Å². The molecule has 1 N–H and O–H groups in total. The van der Waals surface area contributed by atoms with Crippen LogP contribution in [0.5, 0.6) is 11.5 Å². The zero-order chi connectivity index (χ0) is 14.8. The quantitative estimate of drug-likeness (QED) is 0.607. The monoisotopic (exact) mass is 287 g/mol. The highest BCUT2D eigenvalue weighted by Gasteiger charge is 2.11. The van der Waals surface area contributed by atoms with Crippen LogP contribution in [-0.4, -0.2) is 15.0 Å². The lowest BCUT2D eigenvalue weighted by Gasteiger charge is -2.09. The minimum absolute atomic E-state index is 0.765. The number of hydrogen-bond donors (Lipinski definition) is 1. The summed E-state index contributed by atoms with van der Waals surface area (Å²) in [5, 5.41) is 0. The van der Waals surface area contributed by atoms with Gasteiger partial charge in [0.25, 0.3) is 0 Å². The molecule has 0 saturated carbocycles. The van der Waals surface area contributed by atoms with Crippen LogP contribution >= 0.6 is 0 Å². The second-order valence-corrected chi connectivity index (χ2v) is 4.89. The molecule has 4 nitrogen and oxygen atoms in total. The molecule has 2 heterocycles. The second-order valence-electron chi connectivity index (χ2n) is 4.89. The second kappa shape index (κ2) is 5.33. The van der Waals surface area contributed by atoms with Crippen molar-refractivity contribution < 1.29 is 4.74 Å². The van der Waals surface area contributed by atoms with Gasteiger partial charge in [0.15, 0.2) is 0 Å². The van der Waals surface area contributed by atoms with E-state index in [2.05, 4.69) is 15.0 Å². The smallest absolute Gasteiger partial charge is 0.142 e. The zero-order valence-electron chi connectivity index (χ0n) is 11.7. The van der Waals surface area contributed by atoms with Gasteiger partial charge in [0.2, 0.25) is 0 Å². The lowest BCUT2D eigenvalue weighted by Crippen LogP contribution is -1.89. The summed E-state index contributed by atoms with van der Waals surface area (Å²) in [6.07, 6.45) is 3.51. The molecule has 2 aromatic carbocycles. The highest BCUT2D eigenvalue weighted by atomic mass is 16.5. The number of nitrogens with one attached hydrogen (secondary N) is 1. The number of benzene rings is 2. The fourth-order valence-electron chi connectivity index (χ4n) is 2.35. The first-order valence-corrected chi connectivity index (χ1v) is 7.02. The first kappa shape index (κ1) is 12.6. The molecule has 0 aliphatic heterocycles. The Bertz CT molecular complexity index is 883. The first-order chi connectivity index (χ1) is 10.9. The van der Waals surface area contributed by atoms with Gasteiger partial charge in [-0.15, -0.1) is 0 Å². The summed E-state index contributed by atoms with van der Waals surface area (Å²) in [4.78, 5) is 12.0. The van der Waals surface area contributed by atoms with E-state index in [9.17, 15) is 0 Å². The molecule has 4 aromatic rings. The Morgan fingerprint density at radius 1 is 0.864 bits per heavy atom. The number of H-pyrrole nitrogens is 1. The number of ether oxygens (including phenoxy) is 1. The number of aromatic amines is 1. The predicted octanol–water partition coefficient (Wildman–Crippen LogP) is 4.42. The Kier molecular flexibility index (Phi) is 3.05. The Hall–Kier alpha value is -3.14. The summed E-state index contributed by atoms with van der Waals surface area (Å²) in [6, 6.07) is 19.5. The summed E-state index contributed by atoms with van der Waals surface area (Å²) in [5.41, 5.74) is 2.72. The van der Waals surface area contributed by atoms with Crippen LogP contribution in [0.2, 0.25) is 0 Å². The van der Waals surface area contributed by atoms with Gasteiger partial charge in [-0.3, -0.25) is 4.98 Å². The van der Waals surface area contributed by atoms with Crippen LogP contribution in [0.25, 0.3) is 22.4 Å². The van der Waals surface area contributed by atoms with Gasteiger partial charge in [0.1, 0.15) is 17.3 Å². The van der Waals surface area contributed by atoms with E-state index < -0.39 is 0 Å². The highest BCUT2D eigenvalue weighted by Crippen LogP contribution is 2.32. The molecule has 0 fully saturated rings. The molecule has 0 atom stereocenters. The fourth-order valence-corrected chi connectivity index (χ4v) is 2.35. The van der Waals surface area contributed by atoms with Gasteiger partial charge >= 0.3 is 0 Å². The van der Waals surface area contributed by atoms with E-state index in [0.717, 1.165) is 33.9 Å². The van der Waals surface area contributed by atoms with E-state index in [1.54, 1.807) is 12.4 Å². The standard InChI is InChI=1S/C18H13N3O/c1-2-6-13(7-3-1)22-17-9-5-4-8-14(17)18-20-15-10-11-19-12-16(15)21-18/h1-12H,(H,20,21). The first-order valence-electron chi connectivity index (χ1n) is 7.02. The molecule has 0 aliphatic rings. The van der Waals surface area contributed by atoms with Crippen molar-refractivity contribution in [1.82, 2.24) is 15.0 Å². The van der Waals surface area contributed by atoms with Crippen molar-refractivity contribution in [2.75, 3.05) is 0 Å². The van der Waals surface area contributed by atoms with Gasteiger partial charge in [-0.1, -0.05) is 30.3 Å². The minimum Gasteiger partial charge on any atom is -0.457 e. The number of nitrogens with zero attached hydrogens (tertiary/aromatic N) is 2. The van der Waals surface area contributed by atoms with Gasteiger partial charge in [0, 0.05) is 6.20 Å². The van der Waals surface area contributed by atoms with Crippen molar-refractivity contribution in [1.29, 1.82) is 0 Å². The third-order valence-electron chi connectivity index (χ3n) is 3.40. The molecule has 106 valence electrons. The van der Waals surface area contributed by atoms with E-state index >= 15 is 0 Å². The topological polar surface area (TPSA) is 50.8 Å². The third-order valence-corrected chi connectivity index (χ3v) is 3.40. The summed E-state index contributed by atoms with van der Waals surface area (Å²) in [5.74, 6) is 2.34. The fraction of sp³-hybridized carbons (Fsp3) is 0. The van der Waals surface area contributed by atoms with E-state index in [4.69, 9.17) is 4.74 Å². The van der Waals surface area contributed by atoms with Crippen molar-refractivity contribution in [3.05, 3.63) is 73.1 Å². The molecule has 0 radical (unpaired) electrons. The molecular formula is C18H13N3O. The van der Waals surface area contributed by atoms with E-state index in [1.165, 1.54) is 0 Å². The Morgan fingerprint density at radius 2 is 1.68 bits per heavy atom. The lowest BCUT2D eigenvalue weighted by atomic mass is 10.2. The van der Waals surface area contributed by atoms with Crippen LogP contribution in [0.15, 0.2) is 73.1 Å². The van der Waals surface area contributed by atoms with Crippen LogP contribution in [0.1, 0.15) is 0 Å². The van der Waals surface area contributed by atoms with Crippen molar-refractivity contribution >= 4 is 11.0 Å². The maximum Gasteiger partial charge on any atom is 0.142 e. The number of para-hydroxylation sites is 2. The SMILES string of the molecule is c1ccc(Oc2ccccc2-c2nc3ccncc3[nH]2)cc1. The largest absolute Gasteiger partial charge is 0.457 e. The Balaban J connectivity index is 1.78. The molecule has 4 rings (SSSR count). The maximum absolute atomic E-state index is 5.98.